The lowest BCUT2D eigenvalue weighted by Crippen LogP contribution is -2.27. The fourth-order valence-electron chi connectivity index (χ4n) is 2.33. The Labute approximate surface area is 106 Å². The maximum absolute atomic E-state index is 13.5. The molecule has 1 aromatic carbocycles. The zero-order valence-electron chi connectivity index (χ0n) is 10.4. The van der Waals surface area contributed by atoms with Crippen LogP contribution in [0.5, 0.6) is 11.5 Å². The molecule has 100 valence electrons. The summed E-state index contributed by atoms with van der Waals surface area (Å²) < 4.78 is 23.7. The third kappa shape index (κ3) is 2.57. The van der Waals surface area contributed by atoms with Crippen molar-refractivity contribution in [2.75, 3.05) is 20.3 Å². The predicted molar refractivity (Wildman–Crippen MR) is 65.1 cm³/mol. The Morgan fingerprint density at radius 2 is 2.11 bits per heavy atom. The number of ether oxygens (including phenoxy) is 2. The van der Waals surface area contributed by atoms with Crippen molar-refractivity contribution in [2.24, 2.45) is 11.7 Å². The van der Waals surface area contributed by atoms with E-state index in [4.69, 9.17) is 15.2 Å². The van der Waals surface area contributed by atoms with Crippen LogP contribution >= 0.6 is 0 Å². The van der Waals surface area contributed by atoms with Gasteiger partial charge in [-0.25, -0.2) is 4.39 Å². The fourth-order valence-corrected chi connectivity index (χ4v) is 2.33. The second kappa shape index (κ2) is 5.54. The maximum Gasteiger partial charge on any atom is 0.163 e. The number of phenols is 1. The first kappa shape index (κ1) is 13.1. The highest BCUT2D eigenvalue weighted by atomic mass is 19.1. The molecular weight excluding hydrogens is 237 g/mol. The summed E-state index contributed by atoms with van der Waals surface area (Å²) in [5.41, 5.74) is 6.53. The SMILES string of the molecule is COc1cc(F)cc([C@@H](N)C2CCOCC2)c1O. The first-order valence-electron chi connectivity index (χ1n) is 6.03. The van der Waals surface area contributed by atoms with Gasteiger partial charge in [0, 0.05) is 30.9 Å². The lowest BCUT2D eigenvalue weighted by atomic mass is 9.87. The van der Waals surface area contributed by atoms with E-state index in [9.17, 15) is 9.50 Å². The van der Waals surface area contributed by atoms with Crippen molar-refractivity contribution in [3.8, 4) is 11.5 Å². The van der Waals surface area contributed by atoms with Crippen LogP contribution in [0.2, 0.25) is 0 Å². The van der Waals surface area contributed by atoms with Crippen LogP contribution in [0.15, 0.2) is 12.1 Å². The lowest BCUT2D eigenvalue weighted by molar-refractivity contribution is 0.0580. The van der Waals surface area contributed by atoms with Crippen LogP contribution in [0.3, 0.4) is 0 Å². The molecule has 0 aromatic heterocycles. The van der Waals surface area contributed by atoms with Crippen molar-refractivity contribution >= 4 is 0 Å². The quantitative estimate of drug-likeness (QED) is 0.866. The summed E-state index contributed by atoms with van der Waals surface area (Å²) >= 11 is 0. The van der Waals surface area contributed by atoms with E-state index in [0.717, 1.165) is 18.9 Å². The minimum absolute atomic E-state index is 0.0714. The number of hydrogen-bond donors (Lipinski definition) is 2. The molecule has 0 saturated carbocycles. The van der Waals surface area contributed by atoms with Gasteiger partial charge in [-0.2, -0.15) is 0 Å². The molecule has 2 rings (SSSR count). The Morgan fingerprint density at radius 1 is 1.44 bits per heavy atom. The number of phenolic OH excluding ortho intramolecular Hbond substituents is 1. The molecule has 1 aliphatic heterocycles. The first-order chi connectivity index (χ1) is 8.63. The standard InChI is InChI=1S/C13H18FNO3/c1-17-11-7-9(14)6-10(13(11)16)12(15)8-2-4-18-5-3-8/h6-8,12,16H,2-5,15H2,1H3/t12-/m0/s1. The molecule has 1 saturated heterocycles. The molecule has 1 heterocycles. The third-order valence-electron chi connectivity index (χ3n) is 3.42. The molecule has 0 unspecified atom stereocenters. The van der Waals surface area contributed by atoms with Crippen molar-refractivity contribution < 1.29 is 19.0 Å². The largest absolute Gasteiger partial charge is 0.504 e. The second-order valence-electron chi connectivity index (χ2n) is 4.52. The molecular formula is C13H18FNO3. The maximum atomic E-state index is 13.5. The van der Waals surface area contributed by atoms with Crippen molar-refractivity contribution in [3.05, 3.63) is 23.5 Å². The molecule has 0 aliphatic carbocycles. The number of nitrogens with two attached hydrogens (primary N) is 1. The highest BCUT2D eigenvalue weighted by Crippen LogP contribution is 2.38. The molecule has 1 aromatic rings. The lowest BCUT2D eigenvalue weighted by Gasteiger charge is -2.28. The van der Waals surface area contributed by atoms with Gasteiger partial charge in [0.25, 0.3) is 0 Å². The van der Waals surface area contributed by atoms with Crippen molar-refractivity contribution in [2.45, 2.75) is 18.9 Å². The molecule has 0 amide bonds. The highest BCUT2D eigenvalue weighted by Gasteiger charge is 2.26. The van der Waals surface area contributed by atoms with Gasteiger partial charge in [0.2, 0.25) is 0 Å². The Balaban J connectivity index is 2.28. The minimum Gasteiger partial charge on any atom is -0.504 e. The van der Waals surface area contributed by atoms with Gasteiger partial charge < -0.3 is 20.3 Å². The minimum atomic E-state index is -0.456. The van der Waals surface area contributed by atoms with Gasteiger partial charge >= 0.3 is 0 Å². The van der Waals surface area contributed by atoms with Crippen LogP contribution in [-0.4, -0.2) is 25.4 Å². The normalized spacial score (nSPS) is 18.6. The number of rotatable bonds is 3. The van der Waals surface area contributed by atoms with Gasteiger partial charge in [-0.3, -0.25) is 0 Å². The zero-order chi connectivity index (χ0) is 13.1. The molecule has 0 radical (unpaired) electrons. The predicted octanol–water partition coefficient (Wildman–Crippen LogP) is 1.97. The van der Waals surface area contributed by atoms with Crippen LogP contribution in [-0.2, 0) is 4.74 Å². The van der Waals surface area contributed by atoms with Crippen LogP contribution in [0.25, 0.3) is 0 Å². The van der Waals surface area contributed by atoms with E-state index in [1.807, 2.05) is 0 Å². The topological polar surface area (TPSA) is 64.7 Å². The van der Waals surface area contributed by atoms with E-state index in [1.165, 1.54) is 13.2 Å². The van der Waals surface area contributed by atoms with E-state index >= 15 is 0 Å². The summed E-state index contributed by atoms with van der Waals surface area (Å²) in [5.74, 6) is -0.219. The Hall–Kier alpha value is -1.33. The Kier molecular flexibility index (Phi) is 4.04. The van der Waals surface area contributed by atoms with Crippen LogP contribution in [0, 0.1) is 11.7 Å². The van der Waals surface area contributed by atoms with Gasteiger partial charge in [0.1, 0.15) is 5.82 Å². The third-order valence-corrected chi connectivity index (χ3v) is 3.42. The summed E-state index contributed by atoms with van der Waals surface area (Å²) in [5, 5.41) is 10.0. The molecule has 3 N–H and O–H groups in total. The van der Waals surface area contributed by atoms with E-state index in [-0.39, 0.29) is 17.4 Å². The molecule has 4 nitrogen and oxygen atoms in total. The van der Waals surface area contributed by atoms with Crippen molar-refractivity contribution in [3.63, 3.8) is 0 Å². The first-order valence-corrected chi connectivity index (χ1v) is 6.03. The fraction of sp³-hybridized carbons (Fsp3) is 0.538. The smallest absolute Gasteiger partial charge is 0.163 e. The summed E-state index contributed by atoms with van der Waals surface area (Å²) in [6.07, 6.45) is 1.64. The zero-order valence-corrected chi connectivity index (χ0v) is 10.4. The van der Waals surface area contributed by atoms with Crippen molar-refractivity contribution in [1.82, 2.24) is 0 Å². The summed E-state index contributed by atoms with van der Waals surface area (Å²) in [6.45, 7) is 1.32. The van der Waals surface area contributed by atoms with Gasteiger partial charge in [-0.15, -0.1) is 0 Å². The van der Waals surface area contributed by atoms with Gasteiger partial charge in [0.05, 0.1) is 7.11 Å². The molecule has 0 spiro atoms. The van der Waals surface area contributed by atoms with Crippen LogP contribution < -0.4 is 10.5 Å². The molecule has 1 atom stereocenters. The Bertz CT molecular complexity index is 419. The number of benzene rings is 1. The summed E-state index contributed by atoms with van der Waals surface area (Å²) in [7, 11) is 1.39. The van der Waals surface area contributed by atoms with E-state index in [1.54, 1.807) is 0 Å². The van der Waals surface area contributed by atoms with Gasteiger partial charge in [-0.1, -0.05) is 0 Å². The van der Waals surface area contributed by atoms with E-state index in [2.05, 4.69) is 0 Å². The van der Waals surface area contributed by atoms with E-state index in [0.29, 0.717) is 18.8 Å². The average molecular weight is 255 g/mol. The molecule has 18 heavy (non-hydrogen) atoms. The summed E-state index contributed by atoms with van der Waals surface area (Å²) in [6, 6.07) is 2.02. The summed E-state index contributed by atoms with van der Waals surface area (Å²) in [4.78, 5) is 0. The number of methoxy groups -OCH3 is 1. The molecule has 5 heteroatoms. The highest BCUT2D eigenvalue weighted by molar-refractivity contribution is 5.47. The Morgan fingerprint density at radius 3 is 2.72 bits per heavy atom. The number of hydrogen-bond acceptors (Lipinski definition) is 4. The van der Waals surface area contributed by atoms with Gasteiger partial charge in [-0.05, 0) is 24.8 Å². The van der Waals surface area contributed by atoms with E-state index < -0.39 is 11.9 Å². The molecule has 1 aliphatic rings. The average Bonchev–Trinajstić information content (AvgIpc) is 2.41. The van der Waals surface area contributed by atoms with Gasteiger partial charge in [0.15, 0.2) is 11.5 Å². The number of aromatic hydroxyl groups is 1. The van der Waals surface area contributed by atoms with Crippen LogP contribution in [0.4, 0.5) is 4.39 Å². The molecule has 0 bridgehead atoms. The molecule has 1 fully saturated rings. The second-order valence-corrected chi connectivity index (χ2v) is 4.52. The monoisotopic (exact) mass is 255 g/mol. The van der Waals surface area contributed by atoms with Crippen molar-refractivity contribution in [1.29, 1.82) is 0 Å². The van der Waals surface area contributed by atoms with Crippen LogP contribution in [0.1, 0.15) is 24.4 Å². The number of halogens is 1.